The van der Waals surface area contributed by atoms with Gasteiger partial charge in [-0.3, -0.25) is 4.79 Å². The van der Waals surface area contributed by atoms with Crippen molar-refractivity contribution in [3.63, 3.8) is 0 Å². The van der Waals surface area contributed by atoms with Crippen molar-refractivity contribution in [2.75, 3.05) is 6.54 Å². The Hall–Kier alpha value is -4.11. The third kappa shape index (κ3) is 3.54. The van der Waals surface area contributed by atoms with Crippen LogP contribution in [0.4, 0.5) is 0 Å². The van der Waals surface area contributed by atoms with E-state index in [0.29, 0.717) is 22.7 Å². The first-order valence-electron chi connectivity index (χ1n) is 9.06. The number of hydrogen-bond donors (Lipinski definition) is 1. The lowest BCUT2D eigenvalue weighted by Crippen LogP contribution is -2.24. The van der Waals surface area contributed by atoms with Gasteiger partial charge in [0.1, 0.15) is 11.5 Å². The summed E-state index contributed by atoms with van der Waals surface area (Å²) in [5, 5.41) is 6.92. The minimum atomic E-state index is -0.236. The Morgan fingerprint density at radius 1 is 1.17 bits per heavy atom. The smallest absolute Gasteiger partial charge is 0.254 e. The molecule has 2 aromatic heterocycles. The molecular formula is C23H18N4O2. The van der Waals surface area contributed by atoms with E-state index in [2.05, 4.69) is 21.4 Å². The second-order valence-electron chi connectivity index (χ2n) is 6.40. The number of aromatic nitrogens is 3. The molecule has 0 atom stereocenters. The van der Waals surface area contributed by atoms with Crippen LogP contribution in [0.25, 0.3) is 28.2 Å². The number of imidazole rings is 1. The van der Waals surface area contributed by atoms with Crippen LogP contribution >= 0.6 is 0 Å². The zero-order chi connectivity index (χ0) is 20.2. The largest absolute Gasteiger partial charge is 0.360 e. The predicted molar refractivity (Wildman–Crippen MR) is 110 cm³/mol. The molecule has 6 nitrogen and oxygen atoms in total. The Morgan fingerprint density at radius 3 is 2.72 bits per heavy atom. The fraction of sp³-hybridized carbons (Fsp3) is 0.0870. The van der Waals surface area contributed by atoms with Crippen LogP contribution in [0.5, 0.6) is 0 Å². The maximum absolute atomic E-state index is 12.5. The first-order valence-corrected chi connectivity index (χ1v) is 9.06. The number of benzene rings is 2. The molecule has 0 radical (unpaired) electrons. The lowest BCUT2D eigenvalue weighted by atomic mass is 10.0. The van der Waals surface area contributed by atoms with E-state index >= 15 is 0 Å². The summed E-state index contributed by atoms with van der Waals surface area (Å²) in [6, 6.07) is 17.1. The predicted octanol–water partition coefficient (Wildman–Crippen LogP) is 3.87. The van der Waals surface area contributed by atoms with Crippen LogP contribution in [0.1, 0.15) is 16.1 Å². The van der Waals surface area contributed by atoms with E-state index in [-0.39, 0.29) is 12.5 Å². The monoisotopic (exact) mass is 382 g/mol. The number of carbonyl (C=O) groups excluding carboxylic acids is 1. The number of amides is 1. The molecule has 4 rings (SSSR count). The van der Waals surface area contributed by atoms with Crippen LogP contribution < -0.4 is 5.32 Å². The van der Waals surface area contributed by atoms with E-state index in [4.69, 9.17) is 10.9 Å². The fourth-order valence-corrected chi connectivity index (χ4v) is 3.17. The summed E-state index contributed by atoms with van der Waals surface area (Å²) in [6.45, 7) is 2.03. The Balaban J connectivity index is 1.74. The van der Waals surface area contributed by atoms with Crippen molar-refractivity contribution < 1.29 is 9.32 Å². The molecule has 0 spiro atoms. The van der Waals surface area contributed by atoms with Gasteiger partial charge in [0.15, 0.2) is 0 Å². The van der Waals surface area contributed by atoms with Crippen molar-refractivity contribution in [1.29, 1.82) is 0 Å². The molecule has 29 heavy (non-hydrogen) atoms. The molecule has 2 aromatic carbocycles. The van der Waals surface area contributed by atoms with Gasteiger partial charge in [0.2, 0.25) is 0 Å². The van der Waals surface area contributed by atoms with Gasteiger partial charge in [0, 0.05) is 11.8 Å². The first-order chi connectivity index (χ1) is 14.2. The number of rotatable bonds is 5. The van der Waals surface area contributed by atoms with E-state index in [0.717, 1.165) is 16.8 Å². The highest BCUT2D eigenvalue weighted by Gasteiger charge is 2.20. The lowest BCUT2D eigenvalue weighted by molar-refractivity contribution is 0.0958. The third-order valence-electron chi connectivity index (χ3n) is 4.53. The highest BCUT2D eigenvalue weighted by atomic mass is 16.5. The van der Waals surface area contributed by atoms with Crippen LogP contribution in [0, 0.1) is 19.3 Å². The van der Waals surface area contributed by atoms with E-state index in [1.165, 1.54) is 0 Å². The van der Waals surface area contributed by atoms with E-state index in [9.17, 15) is 4.79 Å². The molecule has 142 valence electrons. The zero-order valence-electron chi connectivity index (χ0n) is 15.8. The van der Waals surface area contributed by atoms with Crippen molar-refractivity contribution in [1.82, 2.24) is 20.0 Å². The summed E-state index contributed by atoms with van der Waals surface area (Å²) < 4.78 is 7.25. The van der Waals surface area contributed by atoms with Crippen molar-refractivity contribution >= 4 is 5.91 Å². The first kappa shape index (κ1) is 18.3. The van der Waals surface area contributed by atoms with E-state index in [1.807, 2.05) is 61.7 Å². The minimum Gasteiger partial charge on any atom is -0.360 e. The highest BCUT2D eigenvalue weighted by molar-refractivity contribution is 5.98. The summed E-state index contributed by atoms with van der Waals surface area (Å²) >= 11 is 0. The van der Waals surface area contributed by atoms with Gasteiger partial charge in [-0.1, -0.05) is 53.5 Å². The topological polar surface area (TPSA) is 73.0 Å². The second kappa shape index (κ2) is 7.87. The van der Waals surface area contributed by atoms with Crippen molar-refractivity contribution in [2.45, 2.75) is 6.92 Å². The molecule has 0 bridgehead atoms. The number of hydrogen-bond acceptors (Lipinski definition) is 4. The van der Waals surface area contributed by atoms with Crippen LogP contribution in [-0.4, -0.2) is 27.2 Å². The molecule has 0 saturated heterocycles. The van der Waals surface area contributed by atoms with Gasteiger partial charge < -0.3 is 14.4 Å². The number of para-hydroxylation sites is 1. The summed E-state index contributed by atoms with van der Waals surface area (Å²) in [7, 11) is 0. The molecule has 6 heteroatoms. The fourth-order valence-electron chi connectivity index (χ4n) is 3.17. The molecule has 0 unspecified atom stereocenters. The molecular weight excluding hydrogens is 364 g/mol. The molecule has 0 saturated carbocycles. The zero-order valence-corrected chi connectivity index (χ0v) is 15.8. The molecule has 0 aliphatic heterocycles. The Kier molecular flexibility index (Phi) is 4.95. The van der Waals surface area contributed by atoms with Gasteiger partial charge in [-0.2, -0.15) is 0 Å². The molecule has 0 fully saturated rings. The molecule has 0 aliphatic rings. The average Bonchev–Trinajstić information content (AvgIpc) is 3.39. The normalized spacial score (nSPS) is 10.5. The molecule has 1 amide bonds. The van der Waals surface area contributed by atoms with Crippen molar-refractivity contribution in [3.8, 4) is 40.5 Å². The quantitative estimate of drug-likeness (QED) is 0.532. The van der Waals surface area contributed by atoms with E-state index in [1.54, 1.807) is 17.0 Å². The standard InChI is InChI=1S/C23H18N4O2/c1-3-13-24-23(28)18-11-7-8-12-20(18)27-14-19(25-15-27)21-16(2)29-26-22(21)17-9-5-4-6-10-17/h1,4-12,14-15H,13H2,2H3,(H,24,28). The molecule has 0 aliphatic carbocycles. The number of aryl methyl sites for hydroxylation is 1. The Bertz CT molecular complexity index is 1200. The van der Waals surface area contributed by atoms with Gasteiger partial charge in [-0.15, -0.1) is 6.42 Å². The SMILES string of the molecule is C#CCNC(=O)c1ccccc1-n1cnc(-c2c(-c3ccccc3)noc2C)c1. The summed E-state index contributed by atoms with van der Waals surface area (Å²) in [5.74, 6) is 2.85. The van der Waals surface area contributed by atoms with Crippen LogP contribution in [0.15, 0.2) is 71.6 Å². The number of carbonyl (C=O) groups is 1. The number of terminal acetylenes is 1. The second-order valence-corrected chi connectivity index (χ2v) is 6.40. The molecule has 1 N–H and O–H groups in total. The van der Waals surface area contributed by atoms with Crippen LogP contribution in [0.3, 0.4) is 0 Å². The van der Waals surface area contributed by atoms with Gasteiger partial charge in [0.25, 0.3) is 5.91 Å². The summed E-state index contributed by atoms with van der Waals surface area (Å²) in [6.07, 6.45) is 8.77. The van der Waals surface area contributed by atoms with Gasteiger partial charge in [0.05, 0.1) is 35.4 Å². The van der Waals surface area contributed by atoms with Gasteiger partial charge in [-0.25, -0.2) is 4.98 Å². The number of nitrogens with zero attached hydrogens (tertiary/aromatic N) is 3. The van der Waals surface area contributed by atoms with Crippen molar-refractivity contribution in [3.05, 3.63) is 78.4 Å². The maximum Gasteiger partial charge on any atom is 0.254 e. The average molecular weight is 382 g/mol. The molecule has 4 aromatic rings. The van der Waals surface area contributed by atoms with Gasteiger partial charge >= 0.3 is 0 Å². The highest BCUT2D eigenvalue weighted by Crippen LogP contribution is 2.33. The minimum absolute atomic E-state index is 0.169. The van der Waals surface area contributed by atoms with E-state index < -0.39 is 0 Å². The third-order valence-corrected chi connectivity index (χ3v) is 4.53. The summed E-state index contributed by atoms with van der Waals surface area (Å²) in [4.78, 5) is 17.0. The lowest BCUT2D eigenvalue weighted by Gasteiger charge is -2.09. The van der Waals surface area contributed by atoms with Crippen LogP contribution in [-0.2, 0) is 0 Å². The summed E-state index contributed by atoms with van der Waals surface area (Å²) in [5.41, 5.74) is 4.43. The van der Waals surface area contributed by atoms with Crippen LogP contribution in [0.2, 0.25) is 0 Å². The Labute approximate surface area is 168 Å². The molecule has 2 heterocycles. The van der Waals surface area contributed by atoms with Gasteiger partial charge in [-0.05, 0) is 19.1 Å². The Morgan fingerprint density at radius 2 is 1.93 bits per heavy atom. The van der Waals surface area contributed by atoms with Crippen molar-refractivity contribution in [2.24, 2.45) is 0 Å². The number of nitrogens with one attached hydrogen (secondary N) is 1. The maximum atomic E-state index is 12.5.